The van der Waals surface area contributed by atoms with Crippen LogP contribution in [0.1, 0.15) is 15.9 Å². The van der Waals surface area contributed by atoms with Crippen molar-refractivity contribution in [3.05, 3.63) is 89.7 Å². The van der Waals surface area contributed by atoms with Crippen LogP contribution in [0.5, 0.6) is 0 Å². The number of anilines is 1. The molecular weight excluding hydrogens is 379 g/mol. The average molecular weight is 400 g/mol. The molecule has 1 aromatic heterocycles. The molecule has 4 rings (SSSR count). The Morgan fingerprint density at radius 3 is 2.53 bits per heavy atom. The van der Waals surface area contributed by atoms with Gasteiger partial charge in [-0.25, -0.2) is 14.4 Å². The van der Waals surface area contributed by atoms with Crippen LogP contribution in [-0.4, -0.2) is 29.0 Å². The molecule has 1 amide bonds. The molecule has 0 radical (unpaired) electrons. The van der Waals surface area contributed by atoms with E-state index >= 15 is 0 Å². The van der Waals surface area contributed by atoms with Crippen molar-refractivity contribution < 1.29 is 9.18 Å². The highest BCUT2D eigenvalue weighted by atomic mass is 19.1. The van der Waals surface area contributed by atoms with Crippen molar-refractivity contribution in [2.45, 2.75) is 6.92 Å². The fraction of sp³-hybridized carbons (Fsp3) is 0.125. The van der Waals surface area contributed by atoms with Gasteiger partial charge >= 0.3 is 0 Å². The van der Waals surface area contributed by atoms with Gasteiger partial charge in [0.2, 0.25) is 0 Å². The van der Waals surface area contributed by atoms with E-state index in [2.05, 4.69) is 15.6 Å². The highest BCUT2D eigenvalue weighted by Gasteiger charge is 2.10. The van der Waals surface area contributed by atoms with Crippen LogP contribution in [0, 0.1) is 12.7 Å². The highest BCUT2D eigenvalue weighted by molar-refractivity contribution is 5.94. The molecule has 0 saturated carbocycles. The van der Waals surface area contributed by atoms with Gasteiger partial charge in [0.15, 0.2) is 5.82 Å². The van der Waals surface area contributed by atoms with E-state index in [4.69, 9.17) is 4.98 Å². The van der Waals surface area contributed by atoms with E-state index in [0.29, 0.717) is 30.3 Å². The van der Waals surface area contributed by atoms with Gasteiger partial charge in [-0.2, -0.15) is 0 Å². The van der Waals surface area contributed by atoms with Gasteiger partial charge in [0, 0.05) is 29.6 Å². The number of aryl methyl sites for hydroxylation is 1. The predicted molar refractivity (Wildman–Crippen MR) is 117 cm³/mol. The quantitative estimate of drug-likeness (QED) is 0.465. The van der Waals surface area contributed by atoms with E-state index in [1.807, 2.05) is 55.5 Å². The molecular formula is C24H21FN4O. The Balaban J connectivity index is 1.49. The molecule has 0 bridgehead atoms. The predicted octanol–water partition coefficient (Wildman–Crippen LogP) is 4.59. The van der Waals surface area contributed by atoms with Gasteiger partial charge in [0.25, 0.3) is 5.91 Å². The molecule has 0 aliphatic heterocycles. The van der Waals surface area contributed by atoms with Crippen molar-refractivity contribution in [1.29, 1.82) is 0 Å². The summed E-state index contributed by atoms with van der Waals surface area (Å²) in [6, 6.07) is 21.5. The molecule has 5 nitrogen and oxygen atoms in total. The van der Waals surface area contributed by atoms with Crippen molar-refractivity contribution in [3.8, 4) is 11.4 Å². The van der Waals surface area contributed by atoms with Gasteiger partial charge < -0.3 is 10.6 Å². The van der Waals surface area contributed by atoms with Gasteiger partial charge in [-0.15, -0.1) is 0 Å². The highest BCUT2D eigenvalue weighted by Crippen LogP contribution is 2.24. The first-order chi connectivity index (χ1) is 14.6. The third kappa shape index (κ3) is 4.43. The third-order valence-electron chi connectivity index (χ3n) is 4.70. The fourth-order valence-corrected chi connectivity index (χ4v) is 3.13. The minimum Gasteiger partial charge on any atom is -0.368 e. The number of halogens is 1. The van der Waals surface area contributed by atoms with E-state index in [-0.39, 0.29) is 5.91 Å². The molecule has 0 spiro atoms. The van der Waals surface area contributed by atoms with Crippen LogP contribution >= 0.6 is 0 Å². The fourth-order valence-electron chi connectivity index (χ4n) is 3.13. The molecule has 4 aromatic rings. The lowest BCUT2D eigenvalue weighted by Gasteiger charge is -2.12. The van der Waals surface area contributed by atoms with E-state index < -0.39 is 5.82 Å². The first-order valence-electron chi connectivity index (χ1n) is 9.71. The van der Waals surface area contributed by atoms with E-state index in [9.17, 15) is 9.18 Å². The lowest BCUT2D eigenvalue weighted by Crippen LogP contribution is -2.29. The first kappa shape index (κ1) is 19.5. The standard InChI is InChI=1S/C24H21FN4O/c1-16-9-11-17(12-10-16)22-28-21-8-3-2-7-20(21)23(29-22)26-13-14-27-24(30)18-5-4-6-19(25)15-18/h2-12,15H,13-14H2,1H3,(H,27,30)(H,26,28,29). The molecule has 0 saturated heterocycles. The van der Waals surface area contributed by atoms with E-state index in [1.54, 1.807) is 6.07 Å². The van der Waals surface area contributed by atoms with Crippen molar-refractivity contribution in [1.82, 2.24) is 15.3 Å². The summed E-state index contributed by atoms with van der Waals surface area (Å²) in [5.41, 5.74) is 3.25. The lowest BCUT2D eigenvalue weighted by atomic mass is 10.1. The van der Waals surface area contributed by atoms with Crippen LogP contribution in [-0.2, 0) is 0 Å². The lowest BCUT2D eigenvalue weighted by molar-refractivity contribution is 0.0954. The summed E-state index contributed by atoms with van der Waals surface area (Å²) in [6.45, 7) is 2.87. The Labute approximate surface area is 174 Å². The second-order valence-corrected chi connectivity index (χ2v) is 6.97. The maximum atomic E-state index is 13.3. The number of hydrogen-bond donors (Lipinski definition) is 2. The largest absolute Gasteiger partial charge is 0.368 e. The van der Waals surface area contributed by atoms with Crippen molar-refractivity contribution in [2.75, 3.05) is 18.4 Å². The summed E-state index contributed by atoms with van der Waals surface area (Å²) in [4.78, 5) is 21.5. The summed E-state index contributed by atoms with van der Waals surface area (Å²) >= 11 is 0. The number of carbonyl (C=O) groups excluding carboxylic acids is 1. The topological polar surface area (TPSA) is 66.9 Å². The van der Waals surface area contributed by atoms with Gasteiger partial charge in [-0.1, -0.05) is 48.0 Å². The number of benzene rings is 3. The molecule has 0 atom stereocenters. The van der Waals surface area contributed by atoms with Gasteiger partial charge in [-0.3, -0.25) is 4.79 Å². The molecule has 0 unspecified atom stereocenters. The zero-order valence-corrected chi connectivity index (χ0v) is 16.5. The molecule has 3 aromatic carbocycles. The van der Waals surface area contributed by atoms with Crippen LogP contribution in [0.2, 0.25) is 0 Å². The number of carbonyl (C=O) groups is 1. The third-order valence-corrected chi connectivity index (χ3v) is 4.70. The van der Waals surface area contributed by atoms with Crippen LogP contribution < -0.4 is 10.6 Å². The number of fused-ring (bicyclic) bond motifs is 1. The number of nitrogens with one attached hydrogen (secondary N) is 2. The molecule has 0 aliphatic carbocycles. The second kappa shape index (κ2) is 8.69. The average Bonchev–Trinajstić information content (AvgIpc) is 2.76. The Morgan fingerprint density at radius 2 is 1.73 bits per heavy atom. The number of hydrogen-bond acceptors (Lipinski definition) is 4. The molecule has 2 N–H and O–H groups in total. The Hall–Kier alpha value is -3.80. The summed E-state index contributed by atoms with van der Waals surface area (Å²) in [6.07, 6.45) is 0. The summed E-state index contributed by atoms with van der Waals surface area (Å²) in [5, 5.41) is 6.98. The number of aromatic nitrogens is 2. The zero-order valence-electron chi connectivity index (χ0n) is 16.5. The van der Waals surface area contributed by atoms with Crippen molar-refractivity contribution >= 4 is 22.6 Å². The minimum atomic E-state index is -0.433. The number of para-hydroxylation sites is 1. The zero-order chi connectivity index (χ0) is 20.9. The molecule has 150 valence electrons. The van der Waals surface area contributed by atoms with Crippen molar-refractivity contribution in [3.63, 3.8) is 0 Å². The normalized spacial score (nSPS) is 10.7. The smallest absolute Gasteiger partial charge is 0.251 e. The second-order valence-electron chi connectivity index (χ2n) is 6.97. The maximum Gasteiger partial charge on any atom is 0.251 e. The SMILES string of the molecule is Cc1ccc(-c2nc(NCCNC(=O)c3cccc(F)c3)c3ccccc3n2)cc1. The van der Waals surface area contributed by atoms with E-state index in [0.717, 1.165) is 16.5 Å². The summed E-state index contributed by atoms with van der Waals surface area (Å²) in [5.74, 6) is 0.595. The summed E-state index contributed by atoms with van der Waals surface area (Å²) < 4.78 is 13.3. The monoisotopic (exact) mass is 400 g/mol. The molecule has 1 heterocycles. The van der Waals surface area contributed by atoms with Gasteiger partial charge in [-0.05, 0) is 37.3 Å². The Kier molecular flexibility index (Phi) is 5.66. The molecule has 0 aliphatic rings. The summed E-state index contributed by atoms with van der Waals surface area (Å²) in [7, 11) is 0. The number of nitrogens with zero attached hydrogens (tertiary/aromatic N) is 2. The Bertz CT molecular complexity index is 1190. The van der Waals surface area contributed by atoms with Gasteiger partial charge in [0.1, 0.15) is 11.6 Å². The minimum absolute atomic E-state index is 0.296. The Morgan fingerprint density at radius 1 is 0.933 bits per heavy atom. The van der Waals surface area contributed by atoms with Crippen LogP contribution in [0.25, 0.3) is 22.3 Å². The molecule has 30 heavy (non-hydrogen) atoms. The maximum absolute atomic E-state index is 13.3. The van der Waals surface area contributed by atoms with Crippen LogP contribution in [0.15, 0.2) is 72.8 Å². The molecule has 6 heteroatoms. The molecule has 0 fully saturated rings. The number of rotatable bonds is 6. The van der Waals surface area contributed by atoms with E-state index in [1.165, 1.54) is 23.8 Å². The first-order valence-corrected chi connectivity index (χ1v) is 9.71. The number of amides is 1. The van der Waals surface area contributed by atoms with Gasteiger partial charge in [0.05, 0.1) is 5.52 Å². The van der Waals surface area contributed by atoms with Crippen LogP contribution in [0.3, 0.4) is 0 Å². The van der Waals surface area contributed by atoms with Crippen molar-refractivity contribution in [2.24, 2.45) is 0 Å². The van der Waals surface area contributed by atoms with Crippen LogP contribution in [0.4, 0.5) is 10.2 Å².